The number of ether oxygens (including phenoxy) is 1. The molecule has 4 aromatic rings. The van der Waals surface area contributed by atoms with Crippen LogP contribution in [-0.2, 0) is 13.6 Å². The fourth-order valence-electron chi connectivity index (χ4n) is 3.29. The molecule has 2 aromatic carbocycles. The lowest BCUT2D eigenvalue weighted by Gasteiger charge is -2.09. The molecule has 0 bridgehead atoms. The summed E-state index contributed by atoms with van der Waals surface area (Å²) in [5, 5.41) is 10.5. The van der Waals surface area contributed by atoms with E-state index in [0.29, 0.717) is 32.9 Å². The van der Waals surface area contributed by atoms with Gasteiger partial charge in [0.15, 0.2) is 11.2 Å². The maximum atomic E-state index is 12.8. The SMILES string of the molecule is Cn1c(-c2ccc(Oc3ccc(Cl)cc3)c(Cl)c2)nc2c1c(=O)[nH]c(=O)n2CC(O)CF. The lowest BCUT2D eigenvalue weighted by molar-refractivity contribution is 0.121. The van der Waals surface area contributed by atoms with Gasteiger partial charge in [-0.3, -0.25) is 14.3 Å². The van der Waals surface area contributed by atoms with Gasteiger partial charge < -0.3 is 14.4 Å². The molecule has 0 aliphatic heterocycles. The standard InChI is InChI=1S/C21H17Cl2FN4O4/c1-27-17-19(28(10-13(29)9-24)21(31)26-20(17)30)25-18(27)11-2-7-16(15(23)8-11)32-14-5-3-12(22)4-6-14/h2-8,13,29H,9-10H2,1H3,(H,26,30,31). The highest BCUT2D eigenvalue weighted by atomic mass is 35.5. The van der Waals surface area contributed by atoms with Gasteiger partial charge in [0.1, 0.15) is 30.1 Å². The van der Waals surface area contributed by atoms with Gasteiger partial charge in [0.05, 0.1) is 11.6 Å². The third kappa shape index (κ3) is 4.14. The Morgan fingerprint density at radius 3 is 2.56 bits per heavy atom. The summed E-state index contributed by atoms with van der Waals surface area (Å²) in [6, 6.07) is 11.7. The van der Waals surface area contributed by atoms with Crippen LogP contribution in [0.1, 0.15) is 0 Å². The van der Waals surface area contributed by atoms with E-state index >= 15 is 0 Å². The predicted octanol–water partition coefficient (Wildman–Crippen LogP) is 3.52. The van der Waals surface area contributed by atoms with Gasteiger partial charge in [0, 0.05) is 17.6 Å². The van der Waals surface area contributed by atoms with Crippen molar-refractivity contribution in [2.24, 2.45) is 7.05 Å². The van der Waals surface area contributed by atoms with Gasteiger partial charge in [0.25, 0.3) is 5.56 Å². The van der Waals surface area contributed by atoms with Crippen molar-refractivity contribution >= 4 is 34.4 Å². The largest absolute Gasteiger partial charge is 0.456 e. The number of rotatable bonds is 6. The minimum atomic E-state index is -1.41. The number of alkyl halides is 1. The quantitative estimate of drug-likeness (QED) is 0.441. The van der Waals surface area contributed by atoms with Gasteiger partial charge >= 0.3 is 5.69 Å². The van der Waals surface area contributed by atoms with Crippen molar-refractivity contribution in [3.63, 3.8) is 0 Å². The number of H-pyrrole nitrogens is 1. The highest BCUT2D eigenvalue weighted by Crippen LogP contribution is 2.34. The first-order valence-electron chi connectivity index (χ1n) is 9.45. The van der Waals surface area contributed by atoms with Crippen LogP contribution in [-0.4, -0.2) is 37.0 Å². The zero-order valence-electron chi connectivity index (χ0n) is 16.7. The number of halogens is 3. The number of hydrogen-bond donors (Lipinski definition) is 2. The van der Waals surface area contributed by atoms with Gasteiger partial charge in [-0.25, -0.2) is 14.2 Å². The zero-order chi connectivity index (χ0) is 23.0. The van der Waals surface area contributed by atoms with Crippen molar-refractivity contribution in [2.75, 3.05) is 6.67 Å². The van der Waals surface area contributed by atoms with Crippen LogP contribution in [0.2, 0.25) is 10.0 Å². The fraction of sp³-hybridized carbons (Fsp3) is 0.190. The molecule has 0 aliphatic rings. The highest BCUT2D eigenvalue weighted by Gasteiger charge is 2.20. The second-order valence-electron chi connectivity index (χ2n) is 7.05. The van der Waals surface area contributed by atoms with Crippen LogP contribution in [0.25, 0.3) is 22.6 Å². The molecule has 2 heterocycles. The summed E-state index contributed by atoms with van der Waals surface area (Å²) in [6.07, 6.45) is -1.41. The molecule has 0 aliphatic carbocycles. The lowest BCUT2D eigenvalue weighted by atomic mass is 10.2. The molecule has 1 atom stereocenters. The Bertz CT molecular complexity index is 1410. The number of aryl methyl sites for hydroxylation is 1. The molecule has 2 aromatic heterocycles. The van der Waals surface area contributed by atoms with E-state index in [2.05, 4.69) is 9.97 Å². The summed E-state index contributed by atoms with van der Waals surface area (Å²) in [4.78, 5) is 31.2. The summed E-state index contributed by atoms with van der Waals surface area (Å²) in [5.74, 6) is 1.30. The average molecular weight is 479 g/mol. The molecule has 11 heteroatoms. The number of aromatic nitrogens is 4. The number of aromatic amines is 1. The van der Waals surface area contributed by atoms with E-state index in [0.717, 1.165) is 4.57 Å². The van der Waals surface area contributed by atoms with Crippen molar-refractivity contribution in [2.45, 2.75) is 12.6 Å². The molecule has 1 unspecified atom stereocenters. The van der Waals surface area contributed by atoms with Crippen molar-refractivity contribution in [3.8, 4) is 22.9 Å². The predicted molar refractivity (Wildman–Crippen MR) is 120 cm³/mol. The normalized spacial score (nSPS) is 12.3. The van der Waals surface area contributed by atoms with E-state index in [-0.39, 0.29) is 17.7 Å². The monoisotopic (exact) mass is 478 g/mol. The molecule has 8 nitrogen and oxygen atoms in total. The topological polar surface area (TPSA) is 102 Å². The second kappa shape index (κ2) is 8.78. The van der Waals surface area contributed by atoms with E-state index in [1.165, 1.54) is 4.57 Å². The summed E-state index contributed by atoms with van der Waals surface area (Å²) < 4.78 is 21.1. The molecule has 0 amide bonds. The summed E-state index contributed by atoms with van der Waals surface area (Å²) >= 11 is 12.3. The van der Waals surface area contributed by atoms with E-state index in [1.54, 1.807) is 49.5 Å². The third-order valence-corrected chi connectivity index (χ3v) is 5.36. The van der Waals surface area contributed by atoms with E-state index in [4.69, 9.17) is 27.9 Å². The van der Waals surface area contributed by atoms with Crippen LogP contribution in [0.5, 0.6) is 11.5 Å². The number of imidazole rings is 1. The summed E-state index contributed by atoms with van der Waals surface area (Å²) in [5.41, 5.74) is -0.748. The Hall–Kier alpha value is -3.14. The molecular formula is C21H17Cl2FN4O4. The van der Waals surface area contributed by atoms with Crippen molar-refractivity contribution in [1.29, 1.82) is 0 Å². The molecule has 0 saturated carbocycles. The van der Waals surface area contributed by atoms with Crippen LogP contribution >= 0.6 is 23.2 Å². The minimum Gasteiger partial charge on any atom is -0.456 e. The number of aliphatic hydroxyl groups is 1. The molecule has 2 N–H and O–H groups in total. The van der Waals surface area contributed by atoms with Crippen molar-refractivity contribution < 1.29 is 14.2 Å². The van der Waals surface area contributed by atoms with Crippen molar-refractivity contribution in [1.82, 2.24) is 19.1 Å². The smallest absolute Gasteiger partial charge is 0.330 e. The van der Waals surface area contributed by atoms with Crippen LogP contribution < -0.4 is 16.0 Å². The molecule has 0 spiro atoms. The van der Waals surface area contributed by atoms with Gasteiger partial charge in [-0.05, 0) is 42.5 Å². The molecule has 166 valence electrons. The number of aliphatic hydroxyl groups excluding tert-OH is 1. The van der Waals surface area contributed by atoms with Gasteiger partial charge in [-0.1, -0.05) is 23.2 Å². The number of hydrogen-bond acceptors (Lipinski definition) is 5. The molecular weight excluding hydrogens is 462 g/mol. The van der Waals surface area contributed by atoms with Crippen LogP contribution in [0, 0.1) is 0 Å². The first kappa shape index (κ1) is 22.1. The number of nitrogens with zero attached hydrogens (tertiary/aromatic N) is 3. The van der Waals surface area contributed by atoms with E-state index in [1.807, 2.05) is 0 Å². The molecule has 32 heavy (non-hydrogen) atoms. The Balaban J connectivity index is 1.77. The minimum absolute atomic E-state index is 0.0290. The molecule has 0 fully saturated rings. The Morgan fingerprint density at radius 2 is 1.91 bits per heavy atom. The van der Waals surface area contributed by atoms with Gasteiger partial charge in [0.2, 0.25) is 0 Å². The first-order valence-corrected chi connectivity index (χ1v) is 10.2. The average Bonchev–Trinajstić information content (AvgIpc) is 3.11. The van der Waals surface area contributed by atoms with Gasteiger partial charge in [-0.2, -0.15) is 0 Å². The third-order valence-electron chi connectivity index (χ3n) is 4.82. The molecule has 4 rings (SSSR count). The Kier molecular flexibility index (Phi) is 6.05. The maximum Gasteiger partial charge on any atom is 0.330 e. The maximum absolute atomic E-state index is 12.8. The van der Waals surface area contributed by atoms with E-state index in [9.17, 15) is 19.1 Å². The summed E-state index contributed by atoms with van der Waals surface area (Å²) in [7, 11) is 1.60. The number of nitrogens with one attached hydrogen (secondary N) is 1. The second-order valence-corrected chi connectivity index (χ2v) is 7.89. The van der Waals surface area contributed by atoms with Crippen molar-refractivity contribution in [3.05, 3.63) is 73.3 Å². The highest BCUT2D eigenvalue weighted by molar-refractivity contribution is 6.32. The fourth-order valence-corrected chi connectivity index (χ4v) is 3.63. The molecule has 0 radical (unpaired) electrons. The zero-order valence-corrected chi connectivity index (χ0v) is 18.2. The van der Waals surface area contributed by atoms with Crippen LogP contribution in [0.4, 0.5) is 4.39 Å². The van der Waals surface area contributed by atoms with E-state index < -0.39 is 24.0 Å². The van der Waals surface area contributed by atoms with Crippen LogP contribution in [0.3, 0.4) is 0 Å². The van der Waals surface area contributed by atoms with Gasteiger partial charge in [-0.15, -0.1) is 0 Å². The first-order chi connectivity index (χ1) is 15.3. The number of benzene rings is 2. The number of fused-ring (bicyclic) bond motifs is 1. The van der Waals surface area contributed by atoms with Crippen LogP contribution in [0.15, 0.2) is 52.1 Å². The molecule has 0 saturated heterocycles. The Morgan fingerprint density at radius 1 is 1.19 bits per heavy atom. The summed E-state index contributed by atoms with van der Waals surface area (Å²) in [6.45, 7) is -1.40. The Labute approximate surface area is 190 Å². The lowest BCUT2D eigenvalue weighted by Crippen LogP contribution is -2.34.